The van der Waals surface area contributed by atoms with Crippen LogP contribution in [0.25, 0.3) is 78.4 Å². The maximum atomic E-state index is 7.05. The van der Waals surface area contributed by atoms with Crippen molar-refractivity contribution in [1.82, 2.24) is 15.0 Å². The molecule has 0 radical (unpaired) electrons. The molecule has 1 aliphatic heterocycles. The van der Waals surface area contributed by atoms with E-state index in [0.29, 0.717) is 5.82 Å². The van der Waals surface area contributed by atoms with Gasteiger partial charge >= 0.3 is 0 Å². The molecule has 1 spiro atoms. The van der Waals surface area contributed by atoms with E-state index in [4.69, 9.17) is 14.7 Å². The topological polar surface area (TPSA) is 47.9 Å². The van der Waals surface area contributed by atoms with Gasteiger partial charge in [0.25, 0.3) is 0 Å². The minimum Gasteiger partial charge on any atom is -0.457 e. The van der Waals surface area contributed by atoms with Gasteiger partial charge in [0.2, 0.25) is 0 Å². The van der Waals surface area contributed by atoms with Crippen LogP contribution in [0.3, 0.4) is 0 Å². The zero-order chi connectivity index (χ0) is 41.0. The van der Waals surface area contributed by atoms with Gasteiger partial charge in [0, 0.05) is 40.2 Å². The van der Waals surface area contributed by atoms with E-state index in [1.807, 2.05) is 60.9 Å². The van der Waals surface area contributed by atoms with Crippen LogP contribution in [-0.2, 0) is 5.41 Å². The molecule has 62 heavy (non-hydrogen) atoms. The number of nitrogens with zero attached hydrogens (tertiary/aromatic N) is 3. The van der Waals surface area contributed by atoms with Crippen LogP contribution in [0.2, 0.25) is 0 Å². The molecule has 12 rings (SSSR count). The van der Waals surface area contributed by atoms with Crippen LogP contribution in [0, 0.1) is 0 Å². The largest absolute Gasteiger partial charge is 0.457 e. The second kappa shape index (κ2) is 14.5. The normalized spacial score (nSPS) is 12.8. The Morgan fingerprint density at radius 3 is 1.35 bits per heavy atom. The molecule has 1 aliphatic carbocycles. The van der Waals surface area contributed by atoms with Gasteiger partial charge in [-0.2, -0.15) is 0 Å². The van der Waals surface area contributed by atoms with Crippen molar-refractivity contribution in [2.75, 3.05) is 0 Å². The van der Waals surface area contributed by atoms with Crippen LogP contribution in [0.15, 0.2) is 225 Å². The van der Waals surface area contributed by atoms with Gasteiger partial charge in [-0.15, -0.1) is 0 Å². The molecule has 4 heteroatoms. The van der Waals surface area contributed by atoms with Gasteiger partial charge in [0.05, 0.1) is 16.8 Å². The third-order valence-electron chi connectivity index (χ3n) is 12.5. The zero-order valence-electron chi connectivity index (χ0n) is 33.6. The third-order valence-corrected chi connectivity index (χ3v) is 12.5. The molecule has 0 atom stereocenters. The fourth-order valence-corrected chi connectivity index (χ4v) is 9.62. The summed E-state index contributed by atoms with van der Waals surface area (Å²) in [5.41, 5.74) is 18.2. The summed E-state index contributed by atoms with van der Waals surface area (Å²) >= 11 is 0. The Balaban J connectivity index is 0.965. The van der Waals surface area contributed by atoms with Crippen LogP contribution < -0.4 is 4.74 Å². The number of aromatic nitrogens is 3. The number of pyridine rings is 1. The minimum absolute atomic E-state index is 0.546. The first-order valence-electron chi connectivity index (χ1n) is 21.0. The maximum absolute atomic E-state index is 7.05. The van der Waals surface area contributed by atoms with Gasteiger partial charge in [-0.25, -0.2) is 9.97 Å². The summed E-state index contributed by atoms with van der Waals surface area (Å²) in [4.78, 5) is 14.4. The summed E-state index contributed by atoms with van der Waals surface area (Å²) < 4.78 is 7.05. The van der Waals surface area contributed by atoms with Crippen molar-refractivity contribution < 1.29 is 4.74 Å². The highest BCUT2D eigenvalue weighted by Crippen LogP contribution is 2.62. The first-order chi connectivity index (χ1) is 30.7. The molecule has 0 bridgehead atoms. The molecule has 0 N–H and O–H groups in total. The Bertz CT molecular complexity index is 3220. The lowest BCUT2D eigenvalue weighted by atomic mass is 9.65. The predicted octanol–water partition coefficient (Wildman–Crippen LogP) is 14.3. The van der Waals surface area contributed by atoms with Crippen LogP contribution in [0.4, 0.5) is 0 Å². The highest BCUT2D eigenvalue weighted by Gasteiger charge is 2.51. The van der Waals surface area contributed by atoms with E-state index in [-0.39, 0.29) is 0 Å². The average Bonchev–Trinajstić information content (AvgIpc) is 3.65. The summed E-state index contributed by atoms with van der Waals surface area (Å²) in [6.07, 6.45) is 3.68. The first-order valence-corrected chi connectivity index (χ1v) is 21.0. The van der Waals surface area contributed by atoms with Crippen LogP contribution in [0.1, 0.15) is 22.3 Å². The molecule has 3 heterocycles. The lowest BCUT2D eigenvalue weighted by Gasteiger charge is -2.39. The Kier molecular flexibility index (Phi) is 8.36. The molecular formula is C58H37N3O. The van der Waals surface area contributed by atoms with E-state index in [1.165, 1.54) is 22.3 Å². The fourth-order valence-electron chi connectivity index (χ4n) is 9.62. The summed E-state index contributed by atoms with van der Waals surface area (Å²) in [6.45, 7) is 0. The summed E-state index contributed by atoms with van der Waals surface area (Å²) in [6, 6.07) is 75.3. The van der Waals surface area contributed by atoms with E-state index < -0.39 is 5.41 Å². The number of ether oxygens (including phenoxy) is 1. The van der Waals surface area contributed by atoms with Crippen molar-refractivity contribution in [3.63, 3.8) is 0 Å². The van der Waals surface area contributed by atoms with Crippen LogP contribution in [0.5, 0.6) is 11.5 Å². The smallest absolute Gasteiger partial charge is 0.160 e. The van der Waals surface area contributed by atoms with Gasteiger partial charge in [-0.3, -0.25) is 4.98 Å². The highest BCUT2D eigenvalue weighted by molar-refractivity contribution is 5.90. The monoisotopic (exact) mass is 791 g/mol. The quantitative estimate of drug-likeness (QED) is 0.168. The molecule has 2 aliphatic rings. The molecule has 2 aromatic heterocycles. The zero-order valence-corrected chi connectivity index (χ0v) is 33.6. The SMILES string of the molecule is c1ccc(-c2cc(-c3cccc(-c4cccc(-c5ccc6c(c5)Oc5cc(-c7ccncc7)ccc5C65c6ccccc6-c6ccccc65)c4)c3)nc(-c3ccccc3)n2)cc1. The number of benzene rings is 8. The first kappa shape index (κ1) is 35.7. The van der Waals surface area contributed by atoms with E-state index in [1.54, 1.807) is 0 Å². The Morgan fingerprint density at radius 2 is 0.758 bits per heavy atom. The van der Waals surface area contributed by atoms with E-state index >= 15 is 0 Å². The Hall–Kier alpha value is -8.21. The molecule has 0 saturated heterocycles. The third kappa shape index (κ3) is 5.80. The standard InChI is InChI=1S/C58H37N3O/c1-3-13-39(14-4-1)53-37-54(61-57(60-53)40-15-5-2-6-16-40)46-20-12-19-43(34-46)41-17-11-18-42(33-41)45-26-28-52-56(36-45)62-55-35-44(38-29-31-59-32-30-38)25-27-51(55)58(52)49-23-9-7-21-47(49)48-22-8-10-24-50(48)58/h1-37H. The van der Waals surface area contributed by atoms with Crippen molar-refractivity contribution in [2.45, 2.75) is 5.41 Å². The molecule has 4 nitrogen and oxygen atoms in total. The second-order valence-electron chi connectivity index (χ2n) is 16.0. The van der Waals surface area contributed by atoms with Gasteiger partial charge < -0.3 is 4.74 Å². The maximum Gasteiger partial charge on any atom is 0.160 e. The molecular weight excluding hydrogens is 755 g/mol. The summed E-state index contributed by atoms with van der Waals surface area (Å²) in [7, 11) is 0. The van der Waals surface area contributed by atoms with Crippen molar-refractivity contribution in [2.24, 2.45) is 0 Å². The van der Waals surface area contributed by atoms with Crippen molar-refractivity contribution in [1.29, 1.82) is 0 Å². The fraction of sp³-hybridized carbons (Fsp3) is 0.0172. The van der Waals surface area contributed by atoms with Gasteiger partial charge in [-0.05, 0) is 98.1 Å². The van der Waals surface area contributed by atoms with E-state index in [0.717, 1.165) is 84.1 Å². The number of hydrogen-bond acceptors (Lipinski definition) is 4. The van der Waals surface area contributed by atoms with Crippen LogP contribution >= 0.6 is 0 Å². The molecule has 10 aromatic rings. The molecule has 0 saturated carbocycles. The van der Waals surface area contributed by atoms with Crippen LogP contribution in [-0.4, -0.2) is 15.0 Å². The summed E-state index contributed by atoms with van der Waals surface area (Å²) in [5.74, 6) is 2.41. The highest BCUT2D eigenvalue weighted by atomic mass is 16.5. The lowest BCUT2D eigenvalue weighted by molar-refractivity contribution is 0.437. The van der Waals surface area contributed by atoms with Crippen molar-refractivity contribution in [3.8, 4) is 89.9 Å². The van der Waals surface area contributed by atoms with Crippen molar-refractivity contribution in [3.05, 3.63) is 247 Å². The molecule has 0 amide bonds. The second-order valence-corrected chi connectivity index (χ2v) is 16.0. The number of hydrogen-bond donors (Lipinski definition) is 0. The van der Waals surface area contributed by atoms with Gasteiger partial charge in [0.1, 0.15) is 11.5 Å². The number of rotatable bonds is 6. The van der Waals surface area contributed by atoms with Gasteiger partial charge in [-0.1, -0.05) is 170 Å². The molecule has 8 aromatic carbocycles. The molecule has 0 unspecified atom stereocenters. The van der Waals surface area contributed by atoms with E-state index in [2.05, 4.69) is 169 Å². The lowest BCUT2D eigenvalue weighted by Crippen LogP contribution is -2.32. The van der Waals surface area contributed by atoms with Gasteiger partial charge in [0.15, 0.2) is 5.82 Å². The number of fused-ring (bicyclic) bond motifs is 9. The predicted molar refractivity (Wildman–Crippen MR) is 250 cm³/mol. The molecule has 290 valence electrons. The minimum atomic E-state index is -0.546. The molecule has 0 fully saturated rings. The average molecular weight is 792 g/mol. The van der Waals surface area contributed by atoms with E-state index in [9.17, 15) is 0 Å². The Morgan fingerprint density at radius 1 is 0.306 bits per heavy atom. The summed E-state index contributed by atoms with van der Waals surface area (Å²) in [5, 5.41) is 0. The van der Waals surface area contributed by atoms with Crippen molar-refractivity contribution >= 4 is 0 Å². The Labute approximate surface area is 360 Å².